The van der Waals surface area contributed by atoms with Gasteiger partial charge < -0.3 is 15.0 Å². The molecule has 1 atom stereocenters. The fourth-order valence-corrected chi connectivity index (χ4v) is 6.06. The van der Waals surface area contributed by atoms with Crippen molar-refractivity contribution in [1.82, 2.24) is 10.2 Å². The van der Waals surface area contributed by atoms with Crippen molar-refractivity contribution in [3.8, 4) is 5.75 Å². The van der Waals surface area contributed by atoms with Crippen LogP contribution in [-0.4, -0.2) is 51.4 Å². The maximum Gasteiger partial charge on any atom is 0.264 e. The molecule has 0 heterocycles. The summed E-state index contributed by atoms with van der Waals surface area (Å²) in [5.74, 6) is 0.119. The Hall–Kier alpha value is -3.37. The van der Waals surface area contributed by atoms with Gasteiger partial charge in [-0.3, -0.25) is 13.9 Å². The van der Waals surface area contributed by atoms with Crippen LogP contribution in [0.3, 0.4) is 0 Å². The molecule has 0 saturated heterocycles. The van der Waals surface area contributed by atoms with E-state index in [-0.39, 0.29) is 23.3 Å². The number of anilines is 1. The Labute approximate surface area is 251 Å². The van der Waals surface area contributed by atoms with Crippen LogP contribution in [0.2, 0.25) is 0 Å². The van der Waals surface area contributed by atoms with E-state index in [1.807, 2.05) is 39.8 Å². The van der Waals surface area contributed by atoms with E-state index in [0.717, 1.165) is 15.4 Å². The molecule has 0 bridgehead atoms. The van der Waals surface area contributed by atoms with Gasteiger partial charge in [0.25, 0.3) is 10.0 Å². The summed E-state index contributed by atoms with van der Waals surface area (Å²) in [6.07, 6.45) is 0.355. The Morgan fingerprint density at radius 1 is 1.00 bits per heavy atom. The number of nitrogens with zero attached hydrogens (tertiary/aromatic N) is 2. The van der Waals surface area contributed by atoms with Crippen LogP contribution in [0.25, 0.3) is 0 Å². The molecule has 10 heteroatoms. The molecule has 3 aromatic rings. The SMILES string of the molecule is CC[C@H](C(=O)NCC(C)C)N(Cc1ccc(OC)cc1)C(=O)CN(c1cccc(Br)c1)S(=O)(=O)c1ccc(C)cc1. The molecule has 220 valence electrons. The summed E-state index contributed by atoms with van der Waals surface area (Å²) in [5, 5.41) is 2.94. The third-order valence-corrected chi connectivity index (χ3v) is 8.85. The minimum absolute atomic E-state index is 0.0688. The first-order valence-electron chi connectivity index (χ1n) is 13.5. The number of amides is 2. The monoisotopic (exact) mass is 643 g/mol. The van der Waals surface area contributed by atoms with Crippen molar-refractivity contribution in [3.63, 3.8) is 0 Å². The summed E-state index contributed by atoms with van der Waals surface area (Å²) >= 11 is 3.42. The van der Waals surface area contributed by atoms with Gasteiger partial charge in [-0.2, -0.15) is 0 Å². The van der Waals surface area contributed by atoms with Crippen molar-refractivity contribution in [2.45, 2.75) is 51.6 Å². The number of benzene rings is 3. The highest BCUT2D eigenvalue weighted by molar-refractivity contribution is 9.10. The Morgan fingerprint density at radius 3 is 2.22 bits per heavy atom. The van der Waals surface area contributed by atoms with E-state index in [4.69, 9.17) is 4.74 Å². The van der Waals surface area contributed by atoms with Gasteiger partial charge in [-0.15, -0.1) is 0 Å². The second-order valence-electron chi connectivity index (χ2n) is 10.2. The number of nitrogens with one attached hydrogen (secondary N) is 1. The Balaban J connectivity index is 2.04. The molecule has 0 aliphatic rings. The molecule has 0 fully saturated rings. The lowest BCUT2D eigenvalue weighted by Gasteiger charge is -2.33. The number of carbonyl (C=O) groups is 2. The quantitative estimate of drug-likeness (QED) is 0.264. The van der Waals surface area contributed by atoms with Crippen LogP contribution in [0, 0.1) is 12.8 Å². The lowest BCUT2D eigenvalue weighted by Crippen LogP contribution is -2.52. The van der Waals surface area contributed by atoms with E-state index in [2.05, 4.69) is 21.2 Å². The number of sulfonamides is 1. The normalized spacial score (nSPS) is 12.1. The standard InChI is InChI=1S/C31H38BrN3O5S/c1-6-29(31(37)33-19-22(2)3)34(20-24-12-14-27(40-5)15-13-24)30(36)21-35(26-9-7-8-25(32)18-26)41(38,39)28-16-10-23(4)11-17-28/h7-18,22,29H,6,19-21H2,1-5H3,(H,33,37)/t29-/m1/s1. The van der Waals surface area contributed by atoms with Crippen molar-refractivity contribution in [2.24, 2.45) is 5.92 Å². The Morgan fingerprint density at radius 2 is 1.66 bits per heavy atom. The van der Waals surface area contributed by atoms with Gasteiger partial charge in [-0.1, -0.05) is 72.6 Å². The van der Waals surface area contributed by atoms with Crippen molar-refractivity contribution in [2.75, 3.05) is 24.5 Å². The van der Waals surface area contributed by atoms with Crippen LogP contribution in [0.1, 0.15) is 38.3 Å². The highest BCUT2D eigenvalue weighted by Gasteiger charge is 2.33. The molecule has 0 aliphatic heterocycles. The van der Waals surface area contributed by atoms with E-state index in [0.29, 0.717) is 28.9 Å². The number of aryl methyl sites for hydroxylation is 1. The zero-order chi connectivity index (χ0) is 30.2. The summed E-state index contributed by atoms with van der Waals surface area (Å²) in [6.45, 7) is 7.79. The van der Waals surface area contributed by atoms with Crippen molar-refractivity contribution in [3.05, 3.63) is 88.4 Å². The predicted octanol–water partition coefficient (Wildman–Crippen LogP) is 5.54. The first-order valence-corrected chi connectivity index (χ1v) is 15.7. The van der Waals surface area contributed by atoms with Gasteiger partial charge in [-0.05, 0) is 67.3 Å². The van der Waals surface area contributed by atoms with E-state index in [1.54, 1.807) is 55.6 Å². The molecule has 1 N–H and O–H groups in total. The van der Waals surface area contributed by atoms with E-state index in [9.17, 15) is 18.0 Å². The molecule has 0 aliphatic carbocycles. The Bertz CT molecular complexity index is 1430. The molecule has 0 aromatic heterocycles. The topological polar surface area (TPSA) is 96.0 Å². The minimum atomic E-state index is -4.12. The van der Waals surface area contributed by atoms with E-state index in [1.165, 1.54) is 17.0 Å². The first kappa shape index (κ1) is 32.1. The molecule has 3 rings (SSSR count). The van der Waals surface area contributed by atoms with Crippen LogP contribution in [0.4, 0.5) is 5.69 Å². The van der Waals surface area contributed by atoms with Crippen LogP contribution in [-0.2, 0) is 26.2 Å². The summed E-state index contributed by atoms with van der Waals surface area (Å²) < 4.78 is 34.9. The fraction of sp³-hybridized carbons (Fsp3) is 0.355. The van der Waals surface area contributed by atoms with Gasteiger partial charge in [-0.25, -0.2) is 8.42 Å². The molecule has 0 saturated carbocycles. The number of hydrogen-bond acceptors (Lipinski definition) is 5. The van der Waals surface area contributed by atoms with Gasteiger partial charge in [0.15, 0.2) is 0 Å². The highest BCUT2D eigenvalue weighted by Crippen LogP contribution is 2.27. The van der Waals surface area contributed by atoms with Crippen LogP contribution in [0.5, 0.6) is 5.75 Å². The lowest BCUT2D eigenvalue weighted by molar-refractivity contribution is -0.140. The number of methoxy groups -OCH3 is 1. The molecular formula is C31H38BrN3O5S. The van der Waals surface area contributed by atoms with Crippen LogP contribution >= 0.6 is 15.9 Å². The number of carbonyl (C=O) groups excluding carboxylic acids is 2. The molecule has 0 radical (unpaired) electrons. The Kier molecular flexibility index (Phi) is 11.4. The van der Waals surface area contributed by atoms with E-state index >= 15 is 0 Å². The average molecular weight is 645 g/mol. The van der Waals surface area contributed by atoms with Gasteiger partial charge in [0.05, 0.1) is 17.7 Å². The largest absolute Gasteiger partial charge is 0.497 e. The van der Waals surface area contributed by atoms with Gasteiger partial charge in [0, 0.05) is 17.6 Å². The van der Waals surface area contributed by atoms with Gasteiger partial charge in [0.2, 0.25) is 11.8 Å². The lowest BCUT2D eigenvalue weighted by atomic mass is 10.1. The average Bonchev–Trinajstić information content (AvgIpc) is 2.95. The molecule has 2 amide bonds. The highest BCUT2D eigenvalue weighted by atomic mass is 79.9. The third kappa shape index (κ3) is 8.56. The first-order chi connectivity index (χ1) is 19.5. The predicted molar refractivity (Wildman–Crippen MR) is 165 cm³/mol. The van der Waals surface area contributed by atoms with Crippen molar-refractivity contribution < 1.29 is 22.7 Å². The third-order valence-electron chi connectivity index (χ3n) is 6.57. The minimum Gasteiger partial charge on any atom is -0.497 e. The molecule has 41 heavy (non-hydrogen) atoms. The molecular weight excluding hydrogens is 606 g/mol. The smallest absolute Gasteiger partial charge is 0.264 e. The molecule has 8 nitrogen and oxygen atoms in total. The summed E-state index contributed by atoms with van der Waals surface area (Å²) in [6, 6.07) is 19.7. The number of ether oxygens (including phenoxy) is 1. The zero-order valence-corrected chi connectivity index (χ0v) is 26.5. The van der Waals surface area contributed by atoms with Crippen molar-refractivity contribution in [1.29, 1.82) is 0 Å². The maximum atomic E-state index is 14.1. The zero-order valence-electron chi connectivity index (χ0n) is 24.1. The molecule has 0 spiro atoms. The van der Waals surface area contributed by atoms with Gasteiger partial charge >= 0.3 is 0 Å². The van der Waals surface area contributed by atoms with E-state index < -0.39 is 28.5 Å². The van der Waals surface area contributed by atoms with Crippen molar-refractivity contribution >= 4 is 43.5 Å². The summed E-state index contributed by atoms with van der Waals surface area (Å²) in [4.78, 5) is 29.0. The molecule has 0 unspecified atom stereocenters. The summed E-state index contributed by atoms with van der Waals surface area (Å²) in [5.41, 5.74) is 2.03. The number of hydrogen-bond donors (Lipinski definition) is 1. The van der Waals surface area contributed by atoms with Crippen LogP contribution < -0.4 is 14.4 Å². The summed E-state index contributed by atoms with van der Waals surface area (Å²) in [7, 11) is -2.55. The second-order valence-corrected chi connectivity index (χ2v) is 13.0. The maximum absolute atomic E-state index is 14.1. The van der Waals surface area contributed by atoms with Crippen LogP contribution in [0.15, 0.2) is 82.2 Å². The second kappa shape index (κ2) is 14.5. The molecule has 3 aromatic carbocycles. The number of rotatable bonds is 13. The fourth-order valence-electron chi connectivity index (χ4n) is 4.27. The number of halogens is 1. The van der Waals surface area contributed by atoms with Gasteiger partial charge in [0.1, 0.15) is 18.3 Å².